The Bertz CT molecular complexity index is 358. The molecule has 0 aromatic heterocycles. The first kappa shape index (κ1) is 12.7. The first-order valence-corrected chi connectivity index (χ1v) is 5.45. The molecule has 1 rings (SSSR count). The largest absolute Gasteiger partial charge is 0.427 e. The molecule has 0 fully saturated rings. The summed E-state index contributed by atoms with van der Waals surface area (Å²) in [5, 5.41) is 8.98. The van der Waals surface area contributed by atoms with Gasteiger partial charge in [0.15, 0.2) is 0 Å². The number of aliphatic hydroxyl groups excluding tert-OH is 1. The zero-order valence-corrected chi connectivity index (χ0v) is 9.69. The number of benzene rings is 1. The van der Waals surface area contributed by atoms with Gasteiger partial charge in [-0.25, -0.2) is 0 Å². The predicted molar refractivity (Wildman–Crippen MR) is 61.7 cm³/mol. The maximum absolute atomic E-state index is 10.8. The maximum Gasteiger partial charge on any atom is 0.308 e. The fourth-order valence-electron chi connectivity index (χ4n) is 1.51. The Morgan fingerprint density at radius 1 is 1.44 bits per heavy atom. The fourth-order valence-corrected chi connectivity index (χ4v) is 1.51. The molecular weight excluding hydrogens is 204 g/mol. The van der Waals surface area contributed by atoms with E-state index in [4.69, 9.17) is 9.84 Å². The van der Waals surface area contributed by atoms with Crippen molar-refractivity contribution in [3.05, 3.63) is 35.9 Å². The number of carbonyl (C=O) groups excluding carboxylic acids is 1. The molecule has 0 saturated heterocycles. The van der Waals surface area contributed by atoms with Crippen LogP contribution >= 0.6 is 0 Å². The van der Waals surface area contributed by atoms with E-state index in [1.165, 1.54) is 6.92 Å². The van der Waals surface area contributed by atoms with Gasteiger partial charge in [0.05, 0.1) is 0 Å². The van der Waals surface area contributed by atoms with Crippen molar-refractivity contribution < 1.29 is 14.6 Å². The van der Waals surface area contributed by atoms with E-state index in [0.29, 0.717) is 11.3 Å². The second-order valence-corrected chi connectivity index (χ2v) is 3.74. The van der Waals surface area contributed by atoms with E-state index in [2.05, 4.69) is 6.92 Å². The van der Waals surface area contributed by atoms with Crippen molar-refractivity contribution in [2.45, 2.75) is 33.1 Å². The highest BCUT2D eigenvalue weighted by Crippen LogP contribution is 2.19. The molecule has 0 aliphatic rings. The second-order valence-electron chi connectivity index (χ2n) is 3.74. The summed E-state index contributed by atoms with van der Waals surface area (Å²) >= 11 is 0. The molecule has 87 valence electrons. The van der Waals surface area contributed by atoms with Gasteiger partial charge in [0, 0.05) is 6.92 Å². The quantitative estimate of drug-likeness (QED) is 0.614. The Labute approximate surface area is 96.1 Å². The molecule has 0 unspecified atom stereocenters. The van der Waals surface area contributed by atoms with E-state index in [9.17, 15) is 4.79 Å². The average Bonchev–Trinajstić information content (AvgIpc) is 2.25. The molecule has 3 heteroatoms. The molecule has 1 aromatic rings. The molecule has 1 aromatic carbocycles. The lowest BCUT2D eigenvalue weighted by Gasteiger charge is -2.07. The van der Waals surface area contributed by atoms with Gasteiger partial charge in [-0.05, 0) is 36.1 Å². The van der Waals surface area contributed by atoms with Crippen LogP contribution in [0, 0.1) is 6.61 Å². The number of aryl methyl sites for hydroxylation is 1. The highest BCUT2D eigenvalue weighted by atomic mass is 16.5. The summed E-state index contributed by atoms with van der Waals surface area (Å²) in [6, 6.07) is 5.36. The normalized spacial score (nSPS) is 10.2. The number of aliphatic hydroxyl groups is 1. The first-order valence-electron chi connectivity index (χ1n) is 5.45. The van der Waals surface area contributed by atoms with Gasteiger partial charge in [-0.2, -0.15) is 0 Å². The average molecular weight is 221 g/mol. The third kappa shape index (κ3) is 4.03. The standard InChI is InChI=1S/C13H17O3/c1-3-4-5-11-6-12(9-14)8-13(7-11)16-10(2)15/h6-9,14H,3-5H2,1-2H3. The fraction of sp³-hybridized carbons (Fsp3) is 0.385. The van der Waals surface area contributed by atoms with Crippen molar-refractivity contribution in [2.24, 2.45) is 0 Å². The van der Waals surface area contributed by atoms with Crippen LogP contribution in [-0.4, -0.2) is 11.1 Å². The Hall–Kier alpha value is -1.35. The molecule has 0 amide bonds. The molecule has 0 heterocycles. The highest BCUT2D eigenvalue weighted by Gasteiger charge is 2.04. The van der Waals surface area contributed by atoms with Crippen LogP contribution in [0.5, 0.6) is 5.75 Å². The van der Waals surface area contributed by atoms with Crippen LogP contribution in [0.3, 0.4) is 0 Å². The van der Waals surface area contributed by atoms with Crippen molar-refractivity contribution in [1.29, 1.82) is 0 Å². The topological polar surface area (TPSA) is 46.5 Å². The molecule has 0 atom stereocenters. The minimum Gasteiger partial charge on any atom is -0.427 e. The van der Waals surface area contributed by atoms with Crippen LogP contribution in [0.1, 0.15) is 37.8 Å². The lowest BCUT2D eigenvalue weighted by Crippen LogP contribution is -2.02. The van der Waals surface area contributed by atoms with Crippen molar-refractivity contribution in [3.63, 3.8) is 0 Å². The number of unbranched alkanes of at least 4 members (excludes halogenated alkanes) is 1. The monoisotopic (exact) mass is 221 g/mol. The van der Waals surface area contributed by atoms with Gasteiger partial charge in [-0.15, -0.1) is 0 Å². The minimum absolute atomic E-state index is 0.350. The molecule has 1 radical (unpaired) electrons. The second kappa shape index (κ2) is 6.28. The summed E-state index contributed by atoms with van der Waals surface area (Å²) in [6.07, 6.45) is 3.11. The number of hydrogen-bond donors (Lipinski definition) is 1. The molecule has 3 nitrogen and oxygen atoms in total. The van der Waals surface area contributed by atoms with E-state index in [1.54, 1.807) is 6.07 Å². The molecule has 0 saturated carbocycles. The molecule has 0 aliphatic heterocycles. The smallest absolute Gasteiger partial charge is 0.308 e. The zero-order chi connectivity index (χ0) is 12.0. The van der Waals surface area contributed by atoms with Crippen LogP contribution in [0.4, 0.5) is 0 Å². The van der Waals surface area contributed by atoms with Crippen LogP contribution < -0.4 is 4.74 Å². The van der Waals surface area contributed by atoms with Crippen LogP contribution in [0.15, 0.2) is 18.2 Å². The number of esters is 1. The highest BCUT2D eigenvalue weighted by molar-refractivity contribution is 5.69. The third-order valence-corrected chi connectivity index (χ3v) is 2.22. The summed E-state index contributed by atoms with van der Waals surface area (Å²) in [5.41, 5.74) is 1.73. The lowest BCUT2D eigenvalue weighted by molar-refractivity contribution is -0.131. The Kier molecular flexibility index (Phi) is 4.99. The van der Waals surface area contributed by atoms with Gasteiger partial charge in [-0.1, -0.05) is 19.4 Å². The number of hydrogen-bond acceptors (Lipinski definition) is 3. The Balaban J connectivity index is 2.86. The van der Waals surface area contributed by atoms with E-state index in [0.717, 1.165) is 31.4 Å². The minimum atomic E-state index is -0.350. The van der Waals surface area contributed by atoms with Crippen LogP contribution in [-0.2, 0) is 11.2 Å². The Morgan fingerprint density at radius 2 is 2.19 bits per heavy atom. The van der Waals surface area contributed by atoms with E-state index in [-0.39, 0.29) is 5.97 Å². The summed E-state index contributed by atoms with van der Waals surface area (Å²) in [4.78, 5) is 10.8. The van der Waals surface area contributed by atoms with Crippen LogP contribution in [0.2, 0.25) is 0 Å². The Morgan fingerprint density at radius 3 is 2.75 bits per heavy atom. The van der Waals surface area contributed by atoms with Gasteiger partial charge in [0.2, 0.25) is 0 Å². The van der Waals surface area contributed by atoms with Gasteiger partial charge < -0.3 is 9.84 Å². The van der Waals surface area contributed by atoms with Crippen molar-refractivity contribution >= 4 is 5.97 Å². The molecule has 0 bridgehead atoms. The number of carbonyl (C=O) groups is 1. The van der Waals surface area contributed by atoms with Crippen molar-refractivity contribution in [2.75, 3.05) is 0 Å². The molecular formula is C13H17O3. The van der Waals surface area contributed by atoms with Crippen molar-refractivity contribution in [1.82, 2.24) is 0 Å². The zero-order valence-electron chi connectivity index (χ0n) is 9.69. The van der Waals surface area contributed by atoms with Crippen LogP contribution in [0.25, 0.3) is 0 Å². The van der Waals surface area contributed by atoms with Gasteiger partial charge >= 0.3 is 5.97 Å². The van der Waals surface area contributed by atoms with Gasteiger partial charge in [0.25, 0.3) is 0 Å². The first-order chi connectivity index (χ1) is 7.65. The molecule has 0 aliphatic carbocycles. The van der Waals surface area contributed by atoms with E-state index in [1.807, 2.05) is 12.1 Å². The third-order valence-electron chi connectivity index (χ3n) is 2.22. The summed E-state index contributed by atoms with van der Waals surface area (Å²) in [6.45, 7) is 4.50. The summed E-state index contributed by atoms with van der Waals surface area (Å²) < 4.78 is 5.01. The maximum atomic E-state index is 10.8. The predicted octanol–water partition coefficient (Wildman–Crippen LogP) is 2.84. The molecule has 16 heavy (non-hydrogen) atoms. The van der Waals surface area contributed by atoms with E-state index < -0.39 is 0 Å². The van der Waals surface area contributed by atoms with E-state index >= 15 is 0 Å². The molecule has 1 N–H and O–H groups in total. The lowest BCUT2D eigenvalue weighted by atomic mass is 10.1. The van der Waals surface area contributed by atoms with Gasteiger partial charge in [-0.3, -0.25) is 4.79 Å². The summed E-state index contributed by atoms with van der Waals surface area (Å²) in [5.74, 6) is 0.137. The number of ether oxygens (including phenoxy) is 1. The molecule has 0 spiro atoms. The number of rotatable bonds is 5. The summed E-state index contributed by atoms with van der Waals surface area (Å²) in [7, 11) is 0. The SMILES string of the molecule is CCCCc1cc([CH]O)cc(OC(C)=O)c1. The van der Waals surface area contributed by atoms with Gasteiger partial charge in [0.1, 0.15) is 12.4 Å². The van der Waals surface area contributed by atoms with Crippen molar-refractivity contribution in [3.8, 4) is 5.75 Å².